The number of rotatable bonds is 16. The molecule has 0 fully saturated rings. The lowest BCUT2D eigenvalue weighted by atomic mass is 10.1. The Bertz CT molecular complexity index is 530. The minimum Gasteiger partial charge on any atom is -0.378 e. The van der Waals surface area contributed by atoms with Gasteiger partial charge in [0.05, 0.1) is 33.0 Å². The molecule has 1 rings (SSSR count). The van der Waals surface area contributed by atoms with Crippen LogP contribution in [0, 0.1) is 0 Å². The highest BCUT2D eigenvalue weighted by Crippen LogP contribution is 2.02. The Balaban J connectivity index is 2.27. The number of nitrogens with two attached hydrogens (primary N) is 2. The molecule has 1 atom stereocenters. The monoisotopic (exact) mass is 382 g/mol. The summed E-state index contributed by atoms with van der Waals surface area (Å²) in [6, 6.07) is 8.85. The molecule has 9 nitrogen and oxygen atoms in total. The molecule has 1 unspecified atom stereocenters. The van der Waals surface area contributed by atoms with E-state index >= 15 is 0 Å². The molecule has 0 aliphatic heterocycles. The molecular weight excluding hydrogens is 352 g/mol. The first kappa shape index (κ1) is 23.0. The van der Waals surface area contributed by atoms with Gasteiger partial charge in [-0.3, -0.25) is 14.4 Å². The fraction of sp³-hybridized carbons (Fsp3) is 0.556. The number of carbonyl (C=O) groups excluding carboxylic acids is 2. The van der Waals surface area contributed by atoms with E-state index in [4.69, 9.17) is 25.8 Å². The van der Waals surface area contributed by atoms with Gasteiger partial charge < -0.3 is 26.3 Å². The zero-order valence-corrected chi connectivity index (χ0v) is 15.5. The first-order chi connectivity index (χ1) is 13.1. The summed E-state index contributed by atoms with van der Waals surface area (Å²) in [6.45, 7) is 2.85. The van der Waals surface area contributed by atoms with Crippen molar-refractivity contribution in [2.75, 3.05) is 39.5 Å². The van der Waals surface area contributed by atoms with Crippen molar-refractivity contribution in [2.45, 2.75) is 25.5 Å². The van der Waals surface area contributed by atoms with Crippen LogP contribution in [0.5, 0.6) is 0 Å². The van der Waals surface area contributed by atoms with Crippen molar-refractivity contribution < 1.29 is 23.9 Å². The van der Waals surface area contributed by atoms with Gasteiger partial charge in [-0.1, -0.05) is 30.3 Å². The fourth-order valence-corrected chi connectivity index (χ4v) is 2.10. The fourth-order valence-electron chi connectivity index (χ4n) is 2.10. The van der Waals surface area contributed by atoms with Gasteiger partial charge in [0.25, 0.3) is 0 Å². The van der Waals surface area contributed by atoms with Crippen LogP contribution in [0.2, 0.25) is 0 Å². The van der Waals surface area contributed by atoms with Crippen LogP contribution < -0.4 is 22.3 Å². The van der Waals surface area contributed by atoms with Gasteiger partial charge in [-0.25, -0.2) is 0 Å². The van der Waals surface area contributed by atoms with E-state index in [0.29, 0.717) is 46.1 Å². The molecule has 0 aliphatic rings. The van der Waals surface area contributed by atoms with Crippen molar-refractivity contribution in [3.63, 3.8) is 0 Å². The zero-order valence-electron chi connectivity index (χ0n) is 15.5. The topological polar surface area (TPSA) is 138 Å². The summed E-state index contributed by atoms with van der Waals surface area (Å²) in [6.07, 6.45) is 0.318. The molecule has 27 heavy (non-hydrogen) atoms. The quantitative estimate of drug-likeness (QED) is 0.222. The van der Waals surface area contributed by atoms with Crippen molar-refractivity contribution in [3.8, 4) is 0 Å². The first-order valence-electron chi connectivity index (χ1n) is 8.96. The lowest BCUT2D eigenvalue weighted by Gasteiger charge is -2.18. The second-order valence-electron chi connectivity index (χ2n) is 5.75. The van der Waals surface area contributed by atoms with Gasteiger partial charge in [-0.15, -0.1) is 0 Å². The number of ether oxygens (including phenoxy) is 2. The molecule has 6 N–H and O–H groups in total. The van der Waals surface area contributed by atoms with Crippen LogP contribution in [0.15, 0.2) is 30.3 Å². The zero-order chi connectivity index (χ0) is 19.7. The molecule has 9 heteroatoms. The van der Waals surface area contributed by atoms with Gasteiger partial charge in [0.15, 0.2) is 0 Å². The maximum absolute atomic E-state index is 12.3. The van der Waals surface area contributed by atoms with Crippen LogP contribution in [0.25, 0.3) is 0 Å². The minimum absolute atomic E-state index is 0.0781. The Kier molecular flexibility index (Phi) is 12.8. The van der Waals surface area contributed by atoms with Gasteiger partial charge in [0, 0.05) is 19.5 Å². The molecule has 2 amide bonds. The second kappa shape index (κ2) is 15.1. The summed E-state index contributed by atoms with van der Waals surface area (Å²) in [5.74, 6) is -0.759. The molecule has 0 bridgehead atoms. The lowest BCUT2D eigenvalue weighted by molar-refractivity contribution is -0.129. The number of nitrogens with one attached hydrogen (secondary N) is 2. The molecule has 152 valence electrons. The van der Waals surface area contributed by atoms with Crippen LogP contribution in [0.3, 0.4) is 0 Å². The first-order valence-corrected chi connectivity index (χ1v) is 8.96. The van der Waals surface area contributed by atoms with Crippen LogP contribution in [-0.2, 0) is 30.5 Å². The van der Waals surface area contributed by atoms with Crippen molar-refractivity contribution in [2.24, 2.45) is 11.5 Å². The third-order valence-electron chi connectivity index (χ3n) is 3.48. The highest BCUT2D eigenvalue weighted by Gasteiger charge is 2.19. The minimum atomic E-state index is -0.686. The number of hydrogen-bond donors (Lipinski definition) is 4. The van der Waals surface area contributed by atoms with Crippen LogP contribution >= 0.6 is 0 Å². The van der Waals surface area contributed by atoms with Crippen molar-refractivity contribution in [3.05, 3.63) is 35.9 Å². The Morgan fingerprint density at radius 1 is 1.04 bits per heavy atom. The second-order valence-corrected chi connectivity index (χ2v) is 5.75. The summed E-state index contributed by atoms with van der Waals surface area (Å²) in [5.41, 5.74) is 14.1. The smallest absolute Gasteiger partial charge is 0.239 e. The van der Waals surface area contributed by atoms with Gasteiger partial charge in [-0.05, 0) is 12.0 Å². The van der Waals surface area contributed by atoms with Crippen molar-refractivity contribution in [1.82, 2.24) is 10.8 Å². The van der Waals surface area contributed by atoms with Gasteiger partial charge in [0.1, 0.15) is 6.04 Å². The van der Waals surface area contributed by atoms with Crippen LogP contribution in [0.1, 0.15) is 18.4 Å². The lowest BCUT2D eigenvalue weighted by Crippen LogP contribution is -2.45. The molecule has 0 spiro atoms. The Labute approximate surface area is 159 Å². The Morgan fingerprint density at radius 3 is 2.41 bits per heavy atom. The number of hydrogen-bond acceptors (Lipinski definition) is 7. The van der Waals surface area contributed by atoms with E-state index in [1.54, 1.807) is 0 Å². The molecular formula is C18H30N4O5. The summed E-state index contributed by atoms with van der Waals surface area (Å²) in [4.78, 5) is 28.7. The summed E-state index contributed by atoms with van der Waals surface area (Å²) in [5, 5.41) is 2.74. The average Bonchev–Trinajstić information content (AvgIpc) is 2.67. The van der Waals surface area contributed by atoms with E-state index in [0.717, 1.165) is 5.56 Å². The summed E-state index contributed by atoms with van der Waals surface area (Å²) >= 11 is 0. The largest absolute Gasteiger partial charge is 0.378 e. The maximum Gasteiger partial charge on any atom is 0.239 e. The van der Waals surface area contributed by atoms with E-state index in [-0.39, 0.29) is 18.7 Å². The standard InChI is InChI=1S/C18H30N4O5/c19-8-10-25-12-13-26-11-9-21-18(24)16(6-7-17(20)23)22-27-14-15-4-2-1-3-5-15/h1-5,16,22H,6-14,19H2,(H2,20,23)(H,21,24). The third kappa shape index (κ3) is 12.1. The SMILES string of the molecule is NCCOCCOCCNC(=O)C(CCC(N)=O)NOCc1ccccc1. The molecule has 0 aliphatic carbocycles. The molecule has 0 heterocycles. The van der Waals surface area contributed by atoms with Crippen LogP contribution in [-0.4, -0.2) is 57.4 Å². The van der Waals surface area contributed by atoms with Crippen molar-refractivity contribution >= 4 is 11.8 Å². The van der Waals surface area contributed by atoms with E-state index in [9.17, 15) is 9.59 Å². The predicted molar refractivity (Wildman–Crippen MR) is 100 cm³/mol. The third-order valence-corrected chi connectivity index (χ3v) is 3.48. The van der Waals surface area contributed by atoms with Crippen molar-refractivity contribution in [1.29, 1.82) is 0 Å². The highest BCUT2D eigenvalue weighted by atomic mass is 16.6. The van der Waals surface area contributed by atoms with E-state index in [2.05, 4.69) is 10.8 Å². The van der Waals surface area contributed by atoms with E-state index in [1.807, 2.05) is 30.3 Å². The number of amides is 2. The van der Waals surface area contributed by atoms with Gasteiger partial charge >= 0.3 is 0 Å². The van der Waals surface area contributed by atoms with Gasteiger partial charge in [0.2, 0.25) is 11.8 Å². The Morgan fingerprint density at radius 2 is 1.74 bits per heavy atom. The number of hydroxylamine groups is 1. The molecule has 1 aromatic carbocycles. The molecule has 0 radical (unpaired) electrons. The number of carbonyl (C=O) groups is 2. The van der Waals surface area contributed by atoms with Crippen LogP contribution in [0.4, 0.5) is 0 Å². The van der Waals surface area contributed by atoms with Gasteiger partial charge in [-0.2, -0.15) is 5.48 Å². The molecule has 0 saturated carbocycles. The molecule has 1 aromatic rings. The normalized spacial score (nSPS) is 11.9. The number of primary amides is 1. The van der Waals surface area contributed by atoms with E-state index in [1.165, 1.54) is 0 Å². The summed E-state index contributed by atoms with van der Waals surface area (Å²) < 4.78 is 10.5. The molecule has 0 aromatic heterocycles. The molecule has 0 saturated heterocycles. The summed E-state index contributed by atoms with van der Waals surface area (Å²) in [7, 11) is 0. The van der Waals surface area contributed by atoms with E-state index < -0.39 is 11.9 Å². The predicted octanol–water partition coefficient (Wildman–Crippen LogP) is -0.550. The Hall–Kier alpha value is -2.04. The average molecular weight is 382 g/mol. The highest BCUT2D eigenvalue weighted by molar-refractivity contribution is 5.82. The number of benzene rings is 1. The maximum atomic E-state index is 12.3.